The zero-order valence-corrected chi connectivity index (χ0v) is 6.75. The molecule has 1 aliphatic rings. The van der Waals surface area contributed by atoms with Crippen LogP contribution in [0.5, 0.6) is 5.75 Å². The smallest absolute Gasteiger partial charge is 0.138 e. The van der Waals surface area contributed by atoms with Gasteiger partial charge in [0.1, 0.15) is 5.75 Å². The van der Waals surface area contributed by atoms with Crippen molar-refractivity contribution in [2.45, 2.75) is 12.5 Å². The first-order valence-corrected chi connectivity index (χ1v) is 4.09. The number of phenols is 1. The Bertz CT molecular complexity index is 295. The summed E-state index contributed by atoms with van der Waals surface area (Å²) in [6.45, 7) is 1.07. The molecule has 1 aromatic rings. The Hall–Kier alpha value is -1.22. The van der Waals surface area contributed by atoms with Crippen molar-refractivity contribution in [1.29, 1.82) is 0 Å². The average Bonchev–Trinajstić information content (AvgIpc) is 1.93. The molecule has 1 fully saturated rings. The number of nitrogens with one attached hydrogen (secondary N) is 1. The maximum Gasteiger partial charge on any atom is 0.138 e. The van der Waals surface area contributed by atoms with Crippen LogP contribution in [0.2, 0.25) is 0 Å². The van der Waals surface area contributed by atoms with Crippen LogP contribution in [0.25, 0.3) is 0 Å². The van der Waals surface area contributed by atoms with Gasteiger partial charge >= 0.3 is 0 Å². The van der Waals surface area contributed by atoms with E-state index in [0.29, 0.717) is 11.7 Å². The minimum atomic E-state index is 0.182. The van der Waals surface area contributed by atoms with E-state index in [-0.39, 0.29) is 5.75 Å². The molecule has 0 aliphatic carbocycles. The third-order valence-corrected chi connectivity index (χ3v) is 2.28. The van der Waals surface area contributed by atoms with Gasteiger partial charge in [0.25, 0.3) is 0 Å². The summed E-state index contributed by atoms with van der Waals surface area (Å²) in [5.74, 6) is 0.182. The highest BCUT2D eigenvalue weighted by Gasteiger charge is 2.18. The fourth-order valence-electron chi connectivity index (χ4n) is 1.35. The minimum Gasteiger partial charge on any atom is -0.506 e. The summed E-state index contributed by atoms with van der Waals surface area (Å²) in [7, 11) is 0. The molecule has 0 bridgehead atoms. The van der Waals surface area contributed by atoms with E-state index >= 15 is 0 Å². The van der Waals surface area contributed by atoms with Crippen LogP contribution in [0.1, 0.15) is 18.0 Å². The highest BCUT2D eigenvalue weighted by molar-refractivity contribution is 5.53. The van der Waals surface area contributed by atoms with Crippen molar-refractivity contribution >= 4 is 5.69 Å². The Morgan fingerprint density at radius 1 is 1.50 bits per heavy atom. The Morgan fingerprint density at radius 3 is 2.75 bits per heavy atom. The van der Waals surface area contributed by atoms with Gasteiger partial charge in [0.2, 0.25) is 0 Å². The molecule has 3 nitrogen and oxygen atoms in total. The summed E-state index contributed by atoms with van der Waals surface area (Å²) in [5, 5.41) is 12.6. The number of rotatable bonds is 1. The third kappa shape index (κ3) is 1.12. The first-order valence-electron chi connectivity index (χ1n) is 4.09. The van der Waals surface area contributed by atoms with Crippen LogP contribution >= 0.6 is 0 Å². The van der Waals surface area contributed by atoms with Crippen molar-refractivity contribution in [3.8, 4) is 5.75 Å². The van der Waals surface area contributed by atoms with Gasteiger partial charge in [-0.2, -0.15) is 0 Å². The van der Waals surface area contributed by atoms with E-state index in [1.165, 1.54) is 0 Å². The zero-order valence-electron chi connectivity index (χ0n) is 6.75. The molecule has 4 N–H and O–H groups in total. The average molecular weight is 164 g/mol. The van der Waals surface area contributed by atoms with E-state index in [1.54, 1.807) is 12.1 Å². The summed E-state index contributed by atoms with van der Waals surface area (Å²) >= 11 is 0. The predicted molar refractivity (Wildman–Crippen MR) is 47.9 cm³/mol. The number of anilines is 1. The van der Waals surface area contributed by atoms with E-state index < -0.39 is 0 Å². The van der Waals surface area contributed by atoms with E-state index in [0.717, 1.165) is 18.5 Å². The van der Waals surface area contributed by atoms with Crippen molar-refractivity contribution in [3.05, 3.63) is 23.8 Å². The number of benzene rings is 1. The van der Waals surface area contributed by atoms with Gasteiger partial charge < -0.3 is 16.2 Å². The number of nitrogen functional groups attached to an aromatic ring is 1. The summed E-state index contributed by atoms with van der Waals surface area (Å²) in [6.07, 6.45) is 1.14. The number of hydrogen-bond donors (Lipinski definition) is 3. The molecule has 64 valence electrons. The quantitative estimate of drug-likeness (QED) is 0.429. The molecule has 0 radical (unpaired) electrons. The molecule has 1 unspecified atom stereocenters. The minimum absolute atomic E-state index is 0.182. The molecule has 3 heteroatoms. The number of hydrogen-bond acceptors (Lipinski definition) is 3. The second-order valence-corrected chi connectivity index (χ2v) is 3.11. The molecule has 1 heterocycles. The van der Waals surface area contributed by atoms with E-state index in [9.17, 15) is 5.11 Å². The fraction of sp³-hybridized carbons (Fsp3) is 0.333. The molecule has 1 aliphatic heterocycles. The van der Waals surface area contributed by atoms with Crippen molar-refractivity contribution in [2.75, 3.05) is 12.3 Å². The van der Waals surface area contributed by atoms with E-state index in [4.69, 9.17) is 5.73 Å². The van der Waals surface area contributed by atoms with Gasteiger partial charge in [0.05, 0.1) is 5.69 Å². The Kier molecular flexibility index (Phi) is 1.66. The second kappa shape index (κ2) is 2.68. The lowest BCUT2D eigenvalue weighted by Gasteiger charge is -2.28. The van der Waals surface area contributed by atoms with Crippen molar-refractivity contribution in [3.63, 3.8) is 0 Å². The molecule has 2 rings (SSSR count). The van der Waals surface area contributed by atoms with Crippen LogP contribution in [0.3, 0.4) is 0 Å². The maximum atomic E-state index is 9.32. The molecule has 0 amide bonds. The van der Waals surface area contributed by atoms with Gasteiger partial charge in [0.15, 0.2) is 0 Å². The third-order valence-electron chi connectivity index (χ3n) is 2.28. The summed E-state index contributed by atoms with van der Waals surface area (Å²) in [4.78, 5) is 0. The molecular weight excluding hydrogens is 152 g/mol. The van der Waals surface area contributed by atoms with Gasteiger partial charge in [-0.1, -0.05) is 6.07 Å². The Morgan fingerprint density at radius 2 is 2.25 bits per heavy atom. The fourth-order valence-corrected chi connectivity index (χ4v) is 1.35. The Balaban J connectivity index is 2.27. The molecular formula is C9H12N2O. The largest absolute Gasteiger partial charge is 0.506 e. The first kappa shape index (κ1) is 7.43. The monoisotopic (exact) mass is 164 g/mol. The van der Waals surface area contributed by atoms with Crippen LogP contribution in [-0.4, -0.2) is 11.7 Å². The topological polar surface area (TPSA) is 58.3 Å². The van der Waals surface area contributed by atoms with Crippen LogP contribution < -0.4 is 11.1 Å². The summed E-state index contributed by atoms with van der Waals surface area (Å²) < 4.78 is 0. The van der Waals surface area contributed by atoms with E-state index in [1.807, 2.05) is 6.07 Å². The lowest BCUT2D eigenvalue weighted by molar-refractivity contribution is 0.381. The highest BCUT2D eigenvalue weighted by atomic mass is 16.3. The van der Waals surface area contributed by atoms with Crippen molar-refractivity contribution in [1.82, 2.24) is 5.32 Å². The molecule has 1 atom stereocenters. The molecule has 1 saturated heterocycles. The van der Waals surface area contributed by atoms with Gasteiger partial charge in [0, 0.05) is 6.04 Å². The SMILES string of the molecule is Nc1ccc(C2CCN2)cc1O. The molecule has 12 heavy (non-hydrogen) atoms. The van der Waals surface area contributed by atoms with E-state index in [2.05, 4.69) is 5.32 Å². The van der Waals surface area contributed by atoms with Gasteiger partial charge in [-0.3, -0.25) is 0 Å². The van der Waals surface area contributed by atoms with Crippen LogP contribution in [0, 0.1) is 0 Å². The van der Waals surface area contributed by atoms with Crippen LogP contribution in [-0.2, 0) is 0 Å². The van der Waals surface area contributed by atoms with Crippen molar-refractivity contribution < 1.29 is 5.11 Å². The molecule has 0 spiro atoms. The van der Waals surface area contributed by atoms with Gasteiger partial charge in [-0.15, -0.1) is 0 Å². The lowest BCUT2D eigenvalue weighted by Crippen LogP contribution is -2.34. The molecule has 1 aromatic carbocycles. The Labute approximate surface area is 71.2 Å². The van der Waals surface area contributed by atoms with Gasteiger partial charge in [-0.25, -0.2) is 0 Å². The number of aromatic hydroxyl groups is 1. The van der Waals surface area contributed by atoms with Crippen LogP contribution in [0.4, 0.5) is 5.69 Å². The first-order chi connectivity index (χ1) is 5.77. The van der Waals surface area contributed by atoms with Crippen molar-refractivity contribution in [2.24, 2.45) is 0 Å². The molecule has 0 saturated carbocycles. The zero-order chi connectivity index (χ0) is 8.55. The molecule has 0 aromatic heterocycles. The highest BCUT2D eigenvalue weighted by Crippen LogP contribution is 2.28. The number of phenolic OH excluding ortho intramolecular Hbond substituents is 1. The summed E-state index contributed by atoms with van der Waals surface area (Å²) in [5.41, 5.74) is 7.04. The lowest BCUT2D eigenvalue weighted by atomic mass is 9.97. The number of nitrogens with two attached hydrogens (primary N) is 1. The normalized spacial score (nSPS) is 21.8. The predicted octanol–water partition coefficient (Wildman–Crippen LogP) is 1.01. The second-order valence-electron chi connectivity index (χ2n) is 3.11. The standard InChI is InChI=1S/C9H12N2O/c10-7-2-1-6(5-9(7)12)8-3-4-11-8/h1-2,5,8,11-12H,3-4,10H2. The van der Waals surface area contributed by atoms with Gasteiger partial charge in [-0.05, 0) is 30.7 Å². The maximum absolute atomic E-state index is 9.32. The summed E-state index contributed by atoms with van der Waals surface area (Å²) in [6, 6.07) is 5.83. The van der Waals surface area contributed by atoms with Crippen LogP contribution in [0.15, 0.2) is 18.2 Å².